The van der Waals surface area contributed by atoms with E-state index >= 15 is 0 Å². The van der Waals surface area contributed by atoms with E-state index in [-0.39, 0.29) is 12.4 Å². The van der Waals surface area contributed by atoms with Crippen LogP contribution in [0, 0.1) is 0 Å². The van der Waals surface area contributed by atoms with E-state index in [1.807, 2.05) is 0 Å². The maximum atomic E-state index is 4.96. The standard InChI is InChI=1S/C6H13NO.ClH/c1-8-5-6-3-2-4-7-6;/h6-7H,2-5H2,1H3;1H/t6-;/m1./s1. The molecule has 0 aromatic heterocycles. The third-order valence-electron chi connectivity index (χ3n) is 1.53. The highest BCUT2D eigenvalue weighted by Gasteiger charge is 2.11. The summed E-state index contributed by atoms with van der Waals surface area (Å²) in [5.41, 5.74) is 0. The highest BCUT2D eigenvalue weighted by molar-refractivity contribution is 5.85. The molecule has 2 nitrogen and oxygen atoms in total. The predicted molar refractivity (Wildman–Crippen MR) is 40.1 cm³/mol. The fourth-order valence-electron chi connectivity index (χ4n) is 1.10. The zero-order chi connectivity index (χ0) is 5.82. The molecule has 1 rings (SSSR count). The van der Waals surface area contributed by atoms with E-state index in [0.29, 0.717) is 6.04 Å². The van der Waals surface area contributed by atoms with Crippen LogP contribution >= 0.6 is 12.4 Å². The Morgan fingerprint density at radius 3 is 2.89 bits per heavy atom. The molecule has 1 saturated heterocycles. The number of rotatable bonds is 2. The van der Waals surface area contributed by atoms with Gasteiger partial charge in [0.25, 0.3) is 0 Å². The molecule has 9 heavy (non-hydrogen) atoms. The summed E-state index contributed by atoms with van der Waals surface area (Å²) in [6.45, 7) is 2.05. The first kappa shape index (κ1) is 9.21. The topological polar surface area (TPSA) is 21.3 Å². The molecule has 0 aliphatic carbocycles. The summed E-state index contributed by atoms with van der Waals surface area (Å²) in [5.74, 6) is 0. The summed E-state index contributed by atoms with van der Waals surface area (Å²) in [6.07, 6.45) is 2.60. The van der Waals surface area contributed by atoms with Gasteiger partial charge in [0.1, 0.15) is 0 Å². The van der Waals surface area contributed by atoms with Gasteiger partial charge >= 0.3 is 0 Å². The number of ether oxygens (including phenoxy) is 1. The molecule has 1 aliphatic heterocycles. The fraction of sp³-hybridized carbons (Fsp3) is 1.00. The Kier molecular flexibility index (Phi) is 5.15. The second-order valence-corrected chi connectivity index (χ2v) is 2.25. The van der Waals surface area contributed by atoms with Crippen LogP contribution in [0.3, 0.4) is 0 Å². The Balaban J connectivity index is 0.000000640. The van der Waals surface area contributed by atoms with E-state index in [4.69, 9.17) is 4.74 Å². The Hall–Kier alpha value is 0.210. The van der Waals surface area contributed by atoms with Gasteiger partial charge in [-0.1, -0.05) is 0 Å². The fourth-order valence-corrected chi connectivity index (χ4v) is 1.10. The summed E-state index contributed by atoms with van der Waals surface area (Å²) in [7, 11) is 1.75. The lowest BCUT2D eigenvalue weighted by Gasteiger charge is -2.05. The van der Waals surface area contributed by atoms with Crippen molar-refractivity contribution in [1.29, 1.82) is 0 Å². The third-order valence-corrected chi connectivity index (χ3v) is 1.53. The predicted octanol–water partition coefficient (Wildman–Crippen LogP) is 0.807. The highest BCUT2D eigenvalue weighted by atomic mass is 35.5. The number of halogens is 1. The summed E-state index contributed by atoms with van der Waals surface area (Å²) < 4.78 is 4.96. The Labute approximate surface area is 62.4 Å². The third kappa shape index (κ3) is 3.04. The van der Waals surface area contributed by atoms with Crippen molar-refractivity contribution >= 4 is 12.4 Å². The van der Waals surface area contributed by atoms with Crippen molar-refractivity contribution in [2.75, 3.05) is 20.3 Å². The summed E-state index contributed by atoms with van der Waals surface area (Å²) >= 11 is 0. The van der Waals surface area contributed by atoms with Gasteiger partial charge in [-0.2, -0.15) is 0 Å². The van der Waals surface area contributed by atoms with Crippen LogP contribution in [0.25, 0.3) is 0 Å². The maximum absolute atomic E-state index is 4.96. The first-order valence-corrected chi connectivity index (χ1v) is 3.16. The molecule has 0 aromatic rings. The highest BCUT2D eigenvalue weighted by Crippen LogP contribution is 2.03. The van der Waals surface area contributed by atoms with Gasteiger partial charge in [0, 0.05) is 13.2 Å². The average molecular weight is 152 g/mol. The van der Waals surface area contributed by atoms with Crippen LogP contribution in [0.4, 0.5) is 0 Å². The molecule has 1 heterocycles. The minimum absolute atomic E-state index is 0. The molecule has 0 unspecified atom stereocenters. The number of hydrogen-bond acceptors (Lipinski definition) is 2. The molecular weight excluding hydrogens is 138 g/mol. The van der Waals surface area contributed by atoms with Crippen LogP contribution in [-0.4, -0.2) is 26.3 Å². The first-order chi connectivity index (χ1) is 3.93. The normalized spacial score (nSPS) is 25.7. The van der Waals surface area contributed by atoms with Crippen molar-refractivity contribution in [3.63, 3.8) is 0 Å². The monoisotopic (exact) mass is 151 g/mol. The van der Waals surface area contributed by atoms with Gasteiger partial charge in [0.2, 0.25) is 0 Å². The van der Waals surface area contributed by atoms with Crippen LogP contribution in [0.15, 0.2) is 0 Å². The van der Waals surface area contributed by atoms with Crippen LogP contribution in [0.1, 0.15) is 12.8 Å². The van der Waals surface area contributed by atoms with Gasteiger partial charge in [-0.3, -0.25) is 0 Å². The van der Waals surface area contributed by atoms with Crippen molar-refractivity contribution < 1.29 is 4.74 Å². The van der Waals surface area contributed by atoms with Crippen molar-refractivity contribution in [3.8, 4) is 0 Å². The van der Waals surface area contributed by atoms with Crippen molar-refractivity contribution in [3.05, 3.63) is 0 Å². The van der Waals surface area contributed by atoms with Gasteiger partial charge in [0.15, 0.2) is 0 Å². The Morgan fingerprint density at radius 1 is 1.67 bits per heavy atom. The maximum Gasteiger partial charge on any atom is 0.0615 e. The van der Waals surface area contributed by atoms with Gasteiger partial charge in [0.05, 0.1) is 6.61 Å². The molecule has 0 aromatic carbocycles. The lowest BCUT2D eigenvalue weighted by Crippen LogP contribution is -2.25. The molecule has 3 heteroatoms. The van der Waals surface area contributed by atoms with Gasteiger partial charge in [-0.15, -0.1) is 12.4 Å². The summed E-state index contributed by atoms with van der Waals surface area (Å²) in [6, 6.07) is 0.639. The number of methoxy groups -OCH3 is 1. The molecule has 1 atom stereocenters. The van der Waals surface area contributed by atoms with E-state index in [2.05, 4.69) is 5.32 Å². The molecule has 0 radical (unpaired) electrons. The lowest BCUT2D eigenvalue weighted by atomic mass is 10.2. The smallest absolute Gasteiger partial charge is 0.0615 e. The van der Waals surface area contributed by atoms with Crippen LogP contribution in [0.5, 0.6) is 0 Å². The van der Waals surface area contributed by atoms with E-state index in [9.17, 15) is 0 Å². The number of hydrogen-bond donors (Lipinski definition) is 1. The molecule has 0 amide bonds. The minimum Gasteiger partial charge on any atom is -0.383 e. The molecular formula is C6H14ClNO. The molecule has 0 saturated carbocycles. The summed E-state index contributed by atoms with van der Waals surface area (Å²) in [4.78, 5) is 0. The van der Waals surface area contributed by atoms with Crippen LogP contribution in [-0.2, 0) is 4.74 Å². The SMILES string of the molecule is COC[C@H]1CCCN1.Cl. The van der Waals surface area contributed by atoms with E-state index in [1.54, 1.807) is 7.11 Å². The molecule has 1 N–H and O–H groups in total. The first-order valence-electron chi connectivity index (χ1n) is 3.16. The minimum atomic E-state index is 0. The van der Waals surface area contributed by atoms with Crippen molar-refractivity contribution in [2.24, 2.45) is 0 Å². The lowest BCUT2D eigenvalue weighted by molar-refractivity contribution is 0.173. The zero-order valence-electron chi connectivity index (χ0n) is 5.72. The molecule has 1 aliphatic rings. The molecule has 0 spiro atoms. The molecule has 0 bridgehead atoms. The Morgan fingerprint density at radius 2 is 2.44 bits per heavy atom. The largest absolute Gasteiger partial charge is 0.383 e. The van der Waals surface area contributed by atoms with E-state index in [1.165, 1.54) is 19.4 Å². The Bertz CT molecular complexity index is 64.1. The van der Waals surface area contributed by atoms with Gasteiger partial charge in [-0.25, -0.2) is 0 Å². The van der Waals surface area contributed by atoms with Crippen LogP contribution in [0.2, 0.25) is 0 Å². The second kappa shape index (κ2) is 5.03. The number of nitrogens with one attached hydrogen (secondary N) is 1. The molecule has 56 valence electrons. The van der Waals surface area contributed by atoms with Gasteiger partial charge < -0.3 is 10.1 Å². The average Bonchev–Trinajstić information content (AvgIpc) is 2.19. The quantitative estimate of drug-likeness (QED) is 0.631. The van der Waals surface area contributed by atoms with Gasteiger partial charge in [-0.05, 0) is 19.4 Å². The zero-order valence-corrected chi connectivity index (χ0v) is 6.54. The van der Waals surface area contributed by atoms with Crippen LogP contribution < -0.4 is 5.32 Å². The van der Waals surface area contributed by atoms with Crippen molar-refractivity contribution in [2.45, 2.75) is 18.9 Å². The second-order valence-electron chi connectivity index (χ2n) is 2.25. The summed E-state index contributed by atoms with van der Waals surface area (Å²) in [5, 5.41) is 3.33. The van der Waals surface area contributed by atoms with E-state index < -0.39 is 0 Å². The van der Waals surface area contributed by atoms with E-state index in [0.717, 1.165) is 6.61 Å². The van der Waals surface area contributed by atoms with Crippen molar-refractivity contribution in [1.82, 2.24) is 5.32 Å². The molecule has 1 fully saturated rings.